The number of aromatic amines is 2. The molecule has 0 aliphatic rings. The SMILES string of the molecule is COc1cccc(-c2[nH]ncc2C(=O)NC(C)c2nc3ccccc3[nH]2)c1. The third-order valence-corrected chi connectivity index (χ3v) is 4.41. The summed E-state index contributed by atoms with van der Waals surface area (Å²) in [5, 5.41) is 9.91. The lowest BCUT2D eigenvalue weighted by Gasteiger charge is -2.12. The van der Waals surface area contributed by atoms with Gasteiger partial charge in [0, 0.05) is 5.56 Å². The van der Waals surface area contributed by atoms with Crippen LogP contribution in [-0.2, 0) is 0 Å². The van der Waals surface area contributed by atoms with Crippen LogP contribution in [-0.4, -0.2) is 33.2 Å². The minimum Gasteiger partial charge on any atom is -0.497 e. The molecule has 4 rings (SSSR count). The Morgan fingerprint density at radius 3 is 2.85 bits per heavy atom. The number of hydrogen-bond donors (Lipinski definition) is 3. The first kappa shape index (κ1) is 16.8. The normalized spacial score (nSPS) is 12.1. The van der Waals surface area contributed by atoms with Crippen molar-refractivity contribution in [2.24, 2.45) is 0 Å². The summed E-state index contributed by atoms with van der Waals surface area (Å²) in [6, 6.07) is 15.0. The zero-order chi connectivity index (χ0) is 18.8. The summed E-state index contributed by atoms with van der Waals surface area (Å²) < 4.78 is 5.26. The Morgan fingerprint density at radius 1 is 1.19 bits per heavy atom. The highest BCUT2D eigenvalue weighted by Crippen LogP contribution is 2.25. The smallest absolute Gasteiger partial charge is 0.255 e. The fourth-order valence-electron chi connectivity index (χ4n) is 2.98. The lowest BCUT2D eigenvalue weighted by molar-refractivity contribution is 0.0939. The molecule has 7 heteroatoms. The van der Waals surface area contributed by atoms with Crippen LogP contribution in [0, 0.1) is 0 Å². The van der Waals surface area contributed by atoms with Crippen molar-refractivity contribution in [1.82, 2.24) is 25.5 Å². The molecule has 0 bridgehead atoms. The van der Waals surface area contributed by atoms with Gasteiger partial charge in [0.15, 0.2) is 0 Å². The lowest BCUT2D eigenvalue weighted by Crippen LogP contribution is -2.27. The van der Waals surface area contributed by atoms with Gasteiger partial charge in [0.2, 0.25) is 0 Å². The van der Waals surface area contributed by atoms with Crippen molar-refractivity contribution in [3.05, 3.63) is 66.1 Å². The van der Waals surface area contributed by atoms with Gasteiger partial charge in [-0.1, -0.05) is 24.3 Å². The fraction of sp³-hybridized carbons (Fsp3) is 0.150. The number of methoxy groups -OCH3 is 1. The van der Waals surface area contributed by atoms with Gasteiger partial charge < -0.3 is 15.0 Å². The Morgan fingerprint density at radius 2 is 2.04 bits per heavy atom. The lowest BCUT2D eigenvalue weighted by atomic mass is 10.1. The highest BCUT2D eigenvalue weighted by Gasteiger charge is 2.19. The Labute approximate surface area is 155 Å². The van der Waals surface area contributed by atoms with E-state index in [4.69, 9.17) is 4.74 Å². The Hall–Kier alpha value is -3.61. The molecule has 0 radical (unpaired) electrons. The summed E-state index contributed by atoms with van der Waals surface area (Å²) in [6.45, 7) is 1.89. The molecule has 4 aromatic rings. The van der Waals surface area contributed by atoms with Crippen LogP contribution in [0.25, 0.3) is 22.3 Å². The predicted molar refractivity (Wildman–Crippen MR) is 103 cm³/mol. The van der Waals surface area contributed by atoms with Crippen LogP contribution in [0.4, 0.5) is 0 Å². The van der Waals surface area contributed by atoms with E-state index in [0.29, 0.717) is 22.8 Å². The number of nitrogens with one attached hydrogen (secondary N) is 3. The third-order valence-electron chi connectivity index (χ3n) is 4.41. The summed E-state index contributed by atoms with van der Waals surface area (Å²) in [5.74, 6) is 1.19. The van der Waals surface area contributed by atoms with Crippen molar-refractivity contribution in [2.45, 2.75) is 13.0 Å². The number of ether oxygens (including phenoxy) is 1. The molecule has 27 heavy (non-hydrogen) atoms. The van der Waals surface area contributed by atoms with Gasteiger partial charge >= 0.3 is 0 Å². The molecule has 0 saturated carbocycles. The topological polar surface area (TPSA) is 95.7 Å². The summed E-state index contributed by atoms with van der Waals surface area (Å²) in [4.78, 5) is 20.6. The maximum absolute atomic E-state index is 12.8. The molecule has 1 amide bonds. The van der Waals surface area contributed by atoms with Gasteiger partial charge in [-0.2, -0.15) is 5.10 Å². The zero-order valence-electron chi connectivity index (χ0n) is 15.0. The standard InChI is InChI=1S/C20H19N5O2/c1-12(19-23-16-8-3-4-9-17(16)24-19)22-20(26)15-11-21-25-18(15)13-6-5-7-14(10-13)27-2/h3-12H,1-2H3,(H,21,25)(H,22,26)(H,23,24). The van der Waals surface area contributed by atoms with E-state index in [0.717, 1.165) is 16.6 Å². The molecule has 2 aromatic heterocycles. The number of rotatable bonds is 5. The molecular formula is C20H19N5O2. The molecule has 1 unspecified atom stereocenters. The molecule has 136 valence electrons. The monoisotopic (exact) mass is 361 g/mol. The summed E-state index contributed by atoms with van der Waals surface area (Å²) in [7, 11) is 1.61. The van der Waals surface area contributed by atoms with Crippen LogP contribution in [0.2, 0.25) is 0 Å². The van der Waals surface area contributed by atoms with E-state index in [1.807, 2.05) is 55.5 Å². The number of fused-ring (bicyclic) bond motifs is 1. The van der Waals surface area contributed by atoms with E-state index in [1.165, 1.54) is 6.20 Å². The average Bonchev–Trinajstić information content (AvgIpc) is 3.35. The van der Waals surface area contributed by atoms with Crippen LogP contribution in [0.15, 0.2) is 54.7 Å². The number of carbonyl (C=O) groups is 1. The van der Waals surface area contributed by atoms with Crippen LogP contribution in [0.5, 0.6) is 5.75 Å². The first-order chi connectivity index (χ1) is 13.2. The number of imidazole rings is 1. The van der Waals surface area contributed by atoms with E-state index in [1.54, 1.807) is 7.11 Å². The van der Waals surface area contributed by atoms with Crippen LogP contribution >= 0.6 is 0 Å². The average molecular weight is 361 g/mol. The van der Waals surface area contributed by atoms with E-state index in [9.17, 15) is 4.79 Å². The first-order valence-electron chi connectivity index (χ1n) is 8.59. The second-order valence-corrected chi connectivity index (χ2v) is 6.22. The van der Waals surface area contributed by atoms with Gasteiger partial charge in [-0.05, 0) is 31.2 Å². The van der Waals surface area contributed by atoms with Gasteiger partial charge in [0.05, 0.1) is 41.6 Å². The summed E-state index contributed by atoms with van der Waals surface area (Å²) in [5.41, 5.74) is 3.74. The second kappa shape index (κ2) is 6.95. The predicted octanol–water partition coefficient (Wildman–Crippen LogP) is 3.45. The third kappa shape index (κ3) is 3.27. The van der Waals surface area contributed by atoms with E-state index in [2.05, 4.69) is 25.5 Å². The zero-order valence-corrected chi connectivity index (χ0v) is 15.0. The molecule has 7 nitrogen and oxygen atoms in total. The Kier molecular flexibility index (Phi) is 4.33. The molecule has 0 aliphatic carbocycles. The molecule has 1 atom stereocenters. The molecule has 2 aromatic carbocycles. The molecule has 0 saturated heterocycles. The minimum atomic E-state index is -0.280. The molecule has 2 heterocycles. The van der Waals surface area contributed by atoms with E-state index in [-0.39, 0.29) is 11.9 Å². The van der Waals surface area contributed by atoms with Crippen molar-refractivity contribution in [3.8, 4) is 17.0 Å². The Balaban J connectivity index is 1.57. The van der Waals surface area contributed by atoms with Gasteiger partial charge in [-0.25, -0.2) is 4.98 Å². The van der Waals surface area contributed by atoms with Gasteiger partial charge in [0.25, 0.3) is 5.91 Å². The highest BCUT2D eigenvalue weighted by molar-refractivity contribution is 6.00. The molecule has 0 spiro atoms. The summed E-state index contributed by atoms with van der Waals surface area (Å²) >= 11 is 0. The van der Waals surface area contributed by atoms with Crippen LogP contribution in [0.3, 0.4) is 0 Å². The van der Waals surface area contributed by atoms with Crippen molar-refractivity contribution < 1.29 is 9.53 Å². The number of amides is 1. The highest BCUT2D eigenvalue weighted by atomic mass is 16.5. The number of nitrogens with zero attached hydrogens (tertiary/aromatic N) is 2. The number of H-pyrrole nitrogens is 2. The second-order valence-electron chi connectivity index (χ2n) is 6.22. The maximum Gasteiger partial charge on any atom is 0.255 e. The first-order valence-corrected chi connectivity index (χ1v) is 8.59. The molecule has 3 N–H and O–H groups in total. The number of hydrogen-bond acceptors (Lipinski definition) is 4. The van der Waals surface area contributed by atoms with E-state index < -0.39 is 0 Å². The van der Waals surface area contributed by atoms with Crippen molar-refractivity contribution in [1.29, 1.82) is 0 Å². The number of aromatic nitrogens is 4. The van der Waals surface area contributed by atoms with Crippen LogP contribution in [0.1, 0.15) is 29.1 Å². The summed E-state index contributed by atoms with van der Waals surface area (Å²) in [6.07, 6.45) is 1.52. The molecular weight excluding hydrogens is 342 g/mol. The van der Waals surface area contributed by atoms with Crippen molar-refractivity contribution in [3.63, 3.8) is 0 Å². The quantitative estimate of drug-likeness (QED) is 0.507. The minimum absolute atomic E-state index is 0.227. The van der Waals surface area contributed by atoms with Crippen molar-refractivity contribution >= 4 is 16.9 Å². The number of benzene rings is 2. The fourth-order valence-corrected chi connectivity index (χ4v) is 2.98. The number of carbonyl (C=O) groups excluding carboxylic acids is 1. The number of para-hydroxylation sites is 2. The Bertz CT molecular complexity index is 1070. The van der Waals surface area contributed by atoms with Crippen molar-refractivity contribution in [2.75, 3.05) is 7.11 Å². The van der Waals surface area contributed by atoms with Gasteiger partial charge in [-0.3, -0.25) is 9.89 Å². The van der Waals surface area contributed by atoms with E-state index >= 15 is 0 Å². The molecule has 0 fully saturated rings. The molecule has 0 aliphatic heterocycles. The van der Waals surface area contributed by atoms with Crippen LogP contribution < -0.4 is 10.1 Å². The maximum atomic E-state index is 12.8. The van der Waals surface area contributed by atoms with Gasteiger partial charge in [0.1, 0.15) is 11.6 Å². The van der Waals surface area contributed by atoms with Gasteiger partial charge in [-0.15, -0.1) is 0 Å². The largest absolute Gasteiger partial charge is 0.497 e.